The molecule has 0 aromatic heterocycles. The van der Waals surface area contributed by atoms with Crippen LogP contribution in [0.1, 0.15) is 73.1 Å². The molecule has 6 atom stereocenters. The van der Waals surface area contributed by atoms with Crippen LogP contribution in [0.4, 0.5) is 4.79 Å². The van der Waals surface area contributed by atoms with Crippen molar-refractivity contribution in [3.63, 3.8) is 0 Å². The van der Waals surface area contributed by atoms with E-state index in [2.05, 4.69) is 15.6 Å². The van der Waals surface area contributed by atoms with Gasteiger partial charge in [0.2, 0.25) is 0 Å². The minimum atomic E-state index is -1.21. The number of thioether (sulfide) groups is 1. The summed E-state index contributed by atoms with van der Waals surface area (Å²) in [6.07, 6.45) is 4.93. The number of nitrogens with zero attached hydrogens (tertiary/aromatic N) is 1. The second-order valence-corrected chi connectivity index (χ2v) is 12.3. The van der Waals surface area contributed by atoms with Crippen molar-refractivity contribution in [1.29, 1.82) is 0 Å². The third kappa shape index (κ3) is 10.3. The number of aliphatic imine (C=N–C) groups is 1. The van der Waals surface area contributed by atoms with Crippen molar-refractivity contribution in [3.8, 4) is 0 Å². The summed E-state index contributed by atoms with van der Waals surface area (Å²) in [6.45, 7) is 9.47. The van der Waals surface area contributed by atoms with Crippen LogP contribution in [0.2, 0.25) is 0 Å². The summed E-state index contributed by atoms with van der Waals surface area (Å²) >= 11 is 1.91. The van der Waals surface area contributed by atoms with Gasteiger partial charge in [-0.05, 0) is 46.5 Å². The third-order valence-electron chi connectivity index (χ3n) is 7.49. The first-order valence-corrected chi connectivity index (χ1v) is 15.3. The topological polar surface area (TPSA) is 177 Å². The Labute approximate surface area is 242 Å². The standard InChI is InChI=1S/C27H49N5O7S/c1-6-18(3)37-16-26(4,22(33)36-14-12-30-24(28)29)17-38-23(34)27(5,7-2)39-13-10-8-9-11-20-21-19(15-40-20)31-25(35)32-21/h18-21H,6-17H2,1-5H3,(H4,28,29,30)(H2,31,32,35)/t18?,19-,20-,21-,26?,27?/m0/s1. The normalized spacial score (nSPS) is 23.6. The molecule has 2 heterocycles. The predicted octanol–water partition coefficient (Wildman–Crippen LogP) is 2.08. The predicted molar refractivity (Wildman–Crippen MR) is 155 cm³/mol. The van der Waals surface area contributed by atoms with Gasteiger partial charge in [-0.2, -0.15) is 11.8 Å². The first kappa shape index (κ1) is 34.0. The van der Waals surface area contributed by atoms with Gasteiger partial charge in [0.25, 0.3) is 0 Å². The molecular weight excluding hydrogens is 538 g/mol. The van der Waals surface area contributed by atoms with E-state index in [0.29, 0.717) is 18.3 Å². The van der Waals surface area contributed by atoms with Crippen LogP contribution in [-0.4, -0.2) is 91.7 Å². The minimum Gasteiger partial charge on any atom is -0.463 e. The molecule has 2 aliphatic rings. The molecule has 2 fully saturated rings. The van der Waals surface area contributed by atoms with Gasteiger partial charge in [-0.15, -0.1) is 0 Å². The van der Waals surface area contributed by atoms with Crippen molar-refractivity contribution < 1.29 is 33.3 Å². The van der Waals surface area contributed by atoms with Crippen LogP contribution in [0, 0.1) is 5.41 Å². The van der Waals surface area contributed by atoms with Crippen LogP contribution in [-0.2, 0) is 28.5 Å². The van der Waals surface area contributed by atoms with Crippen molar-refractivity contribution in [2.24, 2.45) is 21.9 Å². The van der Waals surface area contributed by atoms with E-state index in [1.54, 1.807) is 13.8 Å². The molecule has 0 aromatic carbocycles. The van der Waals surface area contributed by atoms with Crippen LogP contribution in [0.3, 0.4) is 0 Å². The molecule has 2 aliphatic heterocycles. The second-order valence-electron chi connectivity index (χ2n) is 11.0. The first-order valence-electron chi connectivity index (χ1n) is 14.3. The number of urea groups is 1. The molecule has 2 rings (SSSR count). The molecule has 0 bridgehead atoms. The molecule has 0 saturated carbocycles. The number of fused-ring (bicyclic) bond motifs is 1. The average Bonchev–Trinajstić information content (AvgIpc) is 3.48. The molecule has 2 amide bonds. The quantitative estimate of drug-likeness (QED) is 0.0575. The highest BCUT2D eigenvalue weighted by atomic mass is 32.2. The average molecular weight is 588 g/mol. The summed E-state index contributed by atoms with van der Waals surface area (Å²) in [7, 11) is 0. The Morgan fingerprint density at radius 3 is 2.50 bits per heavy atom. The van der Waals surface area contributed by atoms with Crippen LogP contribution >= 0.6 is 11.8 Å². The van der Waals surface area contributed by atoms with Crippen molar-refractivity contribution in [2.45, 2.75) is 102 Å². The Bertz CT molecular complexity index is 874. The number of rotatable bonds is 19. The van der Waals surface area contributed by atoms with Crippen LogP contribution in [0.25, 0.3) is 0 Å². The number of guanidine groups is 1. The number of nitrogens with two attached hydrogens (primary N) is 2. The Balaban J connectivity index is 1.80. The van der Waals surface area contributed by atoms with E-state index < -0.39 is 23.0 Å². The molecule has 0 aliphatic carbocycles. The highest BCUT2D eigenvalue weighted by Gasteiger charge is 2.43. The van der Waals surface area contributed by atoms with Crippen LogP contribution < -0.4 is 22.1 Å². The zero-order chi connectivity index (χ0) is 29.8. The highest BCUT2D eigenvalue weighted by molar-refractivity contribution is 8.00. The Hall–Kier alpha value is -2.25. The lowest BCUT2D eigenvalue weighted by molar-refractivity contribution is -0.181. The lowest BCUT2D eigenvalue weighted by Gasteiger charge is -2.31. The van der Waals surface area contributed by atoms with E-state index in [4.69, 9.17) is 30.4 Å². The van der Waals surface area contributed by atoms with Gasteiger partial charge in [-0.25, -0.2) is 9.59 Å². The van der Waals surface area contributed by atoms with Crippen molar-refractivity contribution >= 4 is 35.7 Å². The molecule has 0 radical (unpaired) electrons. The fourth-order valence-electron chi connectivity index (χ4n) is 4.34. The second kappa shape index (κ2) is 16.3. The number of amides is 2. The maximum Gasteiger partial charge on any atom is 0.338 e. The number of nitrogens with one attached hydrogen (secondary N) is 2. The number of hydrogen-bond acceptors (Lipinski definition) is 9. The molecule has 12 nitrogen and oxygen atoms in total. The van der Waals surface area contributed by atoms with Gasteiger partial charge < -0.3 is 41.0 Å². The van der Waals surface area contributed by atoms with E-state index in [1.807, 2.05) is 32.5 Å². The summed E-state index contributed by atoms with van der Waals surface area (Å²) in [5, 5.41) is 6.42. The van der Waals surface area contributed by atoms with Gasteiger partial charge in [0.05, 0.1) is 31.3 Å². The SMILES string of the molecule is CCC(C)OCC(C)(COC(=O)C(C)(CC)OCCCCC[C@@H]1SC[C@@H]2NC(=O)N[C@@H]21)C(=O)OCCN=C(N)N. The first-order chi connectivity index (χ1) is 18.9. The van der Waals surface area contributed by atoms with E-state index in [9.17, 15) is 14.4 Å². The lowest BCUT2D eigenvalue weighted by atomic mass is 9.92. The summed E-state index contributed by atoms with van der Waals surface area (Å²) < 4.78 is 22.8. The Morgan fingerprint density at radius 2 is 1.82 bits per heavy atom. The number of esters is 2. The van der Waals surface area contributed by atoms with Crippen molar-refractivity contribution in [2.75, 3.05) is 38.7 Å². The van der Waals surface area contributed by atoms with Crippen LogP contribution in [0.5, 0.6) is 0 Å². The molecule has 3 unspecified atom stereocenters. The van der Waals surface area contributed by atoms with E-state index >= 15 is 0 Å². The highest BCUT2D eigenvalue weighted by Crippen LogP contribution is 2.33. The molecule has 13 heteroatoms. The Kier molecular flexibility index (Phi) is 13.8. The van der Waals surface area contributed by atoms with Crippen LogP contribution in [0.15, 0.2) is 4.99 Å². The third-order valence-corrected chi connectivity index (χ3v) is 9.00. The summed E-state index contributed by atoms with van der Waals surface area (Å²) in [5.74, 6) is -0.231. The molecule has 6 N–H and O–H groups in total. The monoisotopic (exact) mass is 587 g/mol. The maximum atomic E-state index is 13.1. The minimum absolute atomic E-state index is 0.00835. The van der Waals surface area contributed by atoms with Gasteiger partial charge in [0.15, 0.2) is 11.6 Å². The summed E-state index contributed by atoms with van der Waals surface area (Å²) in [4.78, 5) is 41.4. The van der Waals surface area contributed by atoms with Gasteiger partial charge in [-0.3, -0.25) is 9.79 Å². The van der Waals surface area contributed by atoms with Crippen molar-refractivity contribution in [1.82, 2.24) is 10.6 Å². The summed E-state index contributed by atoms with van der Waals surface area (Å²) in [5.41, 5.74) is 8.28. The molecule has 0 aromatic rings. The molecule has 2 saturated heterocycles. The largest absolute Gasteiger partial charge is 0.463 e. The molecule has 0 spiro atoms. The van der Waals surface area contributed by atoms with Gasteiger partial charge in [0, 0.05) is 17.6 Å². The molecule has 230 valence electrons. The number of hydrogen-bond donors (Lipinski definition) is 4. The van der Waals surface area contributed by atoms with E-state index in [-0.39, 0.29) is 56.5 Å². The van der Waals surface area contributed by atoms with Crippen molar-refractivity contribution in [3.05, 3.63) is 0 Å². The zero-order valence-corrected chi connectivity index (χ0v) is 25.5. The van der Waals surface area contributed by atoms with Gasteiger partial charge in [-0.1, -0.05) is 26.7 Å². The maximum absolute atomic E-state index is 13.1. The number of carbonyl (C=O) groups is 3. The molecular formula is C27H49N5O7S. The summed E-state index contributed by atoms with van der Waals surface area (Å²) in [6, 6.07) is 0.378. The Morgan fingerprint density at radius 1 is 1.07 bits per heavy atom. The molecule has 40 heavy (non-hydrogen) atoms. The fourth-order valence-corrected chi connectivity index (χ4v) is 5.88. The van der Waals surface area contributed by atoms with E-state index in [0.717, 1.165) is 37.9 Å². The van der Waals surface area contributed by atoms with Gasteiger partial charge >= 0.3 is 18.0 Å². The number of ether oxygens (including phenoxy) is 4. The number of unbranched alkanes of at least 4 members (excludes halogenated alkanes) is 2. The zero-order valence-electron chi connectivity index (χ0n) is 24.7. The number of carbonyl (C=O) groups excluding carboxylic acids is 3. The van der Waals surface area contributed by atoms with Gasteiger partial charge in [0.1, 0.15) is 18.6 Å². The van der Waals surface area contributed by atoms with E-state index in [1.165, 1.54) is 0 Å². The fraction of sp³-hybridized carbons (Fsp3) is 0.852. The lowest BCUT2D eigenvalue weighted by Crippen LogP contribution is -2.45. The smallest absolute Gasteiger partial charge is 0.338 e.